The first kappa shape index (κ1) is 17.9. The Morgan fingerprint density at radius 3 is 2.92 bits per heavy atom. The Kier molecular flexibility index (Phi) is 4.79. The van der Waals surface area contributed by atoms with Crippen molar-refractivity contribution in [2.45, 2.75) is 24.3 Å². The second-order valence-corrected chi connectivity index (χ2v) is 8.86. The zero-order valence-corrected chi connectivity index (χ0v) is 17.3. The second-order valence-electron chi connectivity index (χ2n) is 6.28. The van der Waals surface area contributed by atoms with Crippen molar-refractivity contribution >= 4 is 44.5 Å². The summed E-state index contributed by atoms with van der Waals surface area (Å²) < 4.78 is 5.98. The first-order valence-corrected chi connectivity index (χ1v) is 10.2. The fourth-order valence-corrected chi connectivity index (χ4v) is 5.27. The minimum atomic E-state index is -0.146. The van der Waals surface area contributed by atoms with Gasteiger partial charge in [-0.05, 0) is 39.7 Å². The molecular weight excluding hydrogens is 438 g/mol. The predicted octanol–water partition coefficient (Wildman–Crippen LogP) is 4.80. The average Bonchev–Trinajstić information content (AvgIpc) is 3.17. The average molecular weight is 455 g/mol. The van der Waals surface area contributed by atoms with Crippen molar-refractivity contribution < 1.29 is 9.84 Å². The summed E-state index contributed by atoms with van der Waals surface area (Å²) >= 11 is 11.7. The molecule has 136 valence electrons. The van der Waals surface area contributed by atoms with Gasteiger partial charge < -0.3 is 14.7 Å². The fourth-order valence-electron chi connectivity index (χ4n) is 3.44. The Labute approximate surface area is 169 Å². The number of fused-ring (bicyclic) bond motifs is 1. The van der Waals surface area contributed by atoms with Gasteiger partial charge in [0.05, 0.1) is 18.8 Å². The number of aromatic hydroxyl groups is 1. The van der Waals surface area contributed by atoms with Gasteiger partial charge in [0.25, 0.3) is 0 Å². The number of halogens is 2. The Morgan fingerprint density at radius 1 is 1.42 bits per heavy atom. The fraction of sp³-hybridized carbons (Fsp3) is 0.333. The number of rotatable bonds is 3. The van der Waals surface area contributed by atoms with Crippen LogP contribution in [0.4, 0.5) is 0 Å². The van der Waals surface area contributed by atoms with Crippen LogP contribution in [0.15, 0.2) is 39.9 Å². The lowest BCUT2D eigenvalue weighted by atomic mass is 9.96. The van der Waals surface area contributed by atoms with Gasteiger partial charge in [-0.2, -0.15) is 0 Å². The molecule has 2 aliphatic heterocycles. The maximum Gasteiger partial charge on any atom is 0.177 e. The van der Waals surface area contributed by atoms with Crippen molar-refractivity contribution in [3.63, 3.8) is 0 Å². The number of ether oxygens (including phenoxy) is 1. The molecule has 2 aliphatic rings. The van der Waals surface area contributed by atoms with Gasteiger partial charge in [0.2, 0.25) is 0 Å². The molecule has 1 aromatic carbocycles. The lowest BCUT2D eigenvalue weighted by molar-refractivity contribution is 0.317. The van der Waals surface area contributed by atoms with Crippen LogP contribution in [0.5, 0.6) is 11.5 Å². The molecule has 0 bridgehead atoms. The number of benzene rings is 1. The summed E-state index contributed by atoms with van der Waals surface area (Å²) in [6.07, 6.45) is 1.78. The van der Waals surface area contributed by atoms with E-state index >= 15 is 0 Å². The third-order valence-corrected chi connectivity index (χ3v) is 7.15. The molecule has 8 heteroatoms. The van der Waals surface area contributed by atoms with Crippen molar-refractivity contribution in [3.8, 4) is 11.5 Å². The zero-order chi connectivity index (χ0) is 18.4. The summed E-state index contributed by atoms with van der Waals surface area (Å²) in [7, 11) is 1.52. The van der Waals surface area contributed by atoms with E-state index in [9.17, 15) is 5.11 Å². The predicted molar refractivity (Wildman–Crippen MR) is 108 cm³/mol. The van der Waals surface area contributed by atoms with Crippen LogP contribution in [0, 0.1) is 0 Å². The van der Waals surface area contributed by atoms with E-state index in [4.69, 9.17) is 21.3 Å². The standard InChI is InChI=1S/C18H17BrClN3O2S/c1-9-8-23-16(10-7-12(25-2)17(24)14(20)13(10)19)15(22-18(23)26-9)11-5-3-4-6-21-11/h3-7,9,15-16,24H,8H2,1-2H3/t9-,15-,16-/m0/s1. The number of aromatic nitrogens is 1. The molecule has 4 rings (SSSR count). The number of pyridine rings is 1. The van der Waals surface area contributed by atoms with E-state index in [1.165, 1.54) is 7.11 Å². The molecule has 3 heterocycles. The van der Waals surface area contributed by atoms with E-state index < -0.39 is 0 Å². The van der Waals surface area contributed by atoms with Crippen LogP contribution >= 0.6 is 39.3 Å². The first-order valence-electron chi connectivity index (χ1n) is 8.18. The molecule has 2 aromatic rings. The number of methoxy groups -OCH3 is 1. The van der Waals surface area contributed by atoms with E-state index in [2.05, 4.69) is 32.7 Å². The van der Waals surface area contributed by atoms with Crippen molar-refractivity contribution in [1.82, 2.24) is 9.88 Å². The molecule has 0 unspecified atom stereocenters. The third-order valence-electron chi connectivity index (χ3n) is 4.59. The number of phenolic OH excluding ortho intramolecular Hbond substituents is 1. The molecule has 1 fully saturated rings. The Bertz CT molecular complexity index is 880. The number of nitrogens with zero attached hydrogens (tertiary/aromatic N) is 3. The van der Waals surface area contributed by atoms with Crippen LogP contribution < -0.4 is 4.74 Å². The smallest absolute Gasteiger partial charge is 0.177 e. The van der Waals surface area contributed by atoms with Crippen LogP contribution in [0.3, 0.4) is 0 Å². The maximum absolute atomic E-state index is 10.2. The number of hydrogen-bond donors (Lipinski definition) is 1. The normalized spacial score (nSPS) is 24.5. The number of amidine groups is 1. The molecule has 0 amide bonds. The van der Waals surface area contributed by atoms with Crippen molar-refractivity contribution in [2.75, 3.05) is 13.7 Å². The second kappa shape index (κ2) is 6.94. The molecule has 1 N–H and O–H groups in total. The molecule has 26 heavy (non-hydrogen) atoms. The number of hydrogen-bond acceptors (Lipinski definition) is 6. The minimum Gasteiger partial charge on any atom is -0.503 e. The van der Waals surface area contributed by atoms with E-state index in [-0.39, 0.29) is 22.9 Å². The Hall–Kier alpha value is -1.44. The Morgan fingerprint density at radius 2 is 2.23 bits per heavy atom. The molecular formula is C18H17BrClN3O2S. The molecule has 0 saturated carbocycles. The van der Waals surface area contributed by atoms with Crippen LogP contribution in [-0.2, 0) is 0 Å². The molecule has 1 aromatic heterocycles. The van der Waals surface area contributed by atoms with E-state index in [0.29, 0.717) is 15.5 Å². The topological polar surface area (TPSA) is 58.0 Å². The van der Waals surface area contributed by atoms with Gasteiger partial charge >= 0.3 is 0 Å². The monoisotopic (exact) mass is 453 g/mol. The molecule has 3 atom stereocenters. The Balaban J connectivity index is 1.86. The lowest BCUT2D eigenvalue weighted by Gasteiger charge is -2.29. The van der Waals surface area contributed by atoms with Gasteiger partial charge in [-0.15, -0.1) is 0 Å². The van der Waals surface area contributed by atoms with Crippen LogP contribution in [0.2, 0.25) is 5.02 Å². The molecule has 5 nitrogen and oxygen atoms in total. The van der Waals surface area contributed by atoms with Gasteiger partial charge in [0.1, 0.15) is 11.1 Å². The number of aliphatic imine (C=N–C) groups is 1. The van der Waals surface area contributed by atoms with Crippen LogP contribution in [-0.4, -0.2) is 39.1 Å². The van der Waals surface area contributed by atoms with E-state index in [1.807, 2.05) is 24.3 Å². The highest BCUT2D eigenvalue weighted by molar-refractivity contribution is 9.10. The van der Waals surface area contributed by atoms with Crippen LogP contribution in [0.1, 0.15) is 30.3 Å². The quantitative estimate of drug-likeness (QED) is 0.722. The first-order chi connectivity index (χ1) is 12.5. The van der Waals surface area contributed by atoms with E-state index in [0.717, 1.165) is 23.0 Å². The lowest BCUT2D eigenvalue weighted by Crippen LogP contribution is -2.29. The third kappa shape index (κ3) is 2.86. The van der Waals surface area contributed by atoms with Crippen molar-refractivity contribution in [1.29, 1.82) is 0 Å². The summed E-state index contributed by atoms with van der Waals surface area (Å²) in [5.74, 6) is 0.281. The van der Waals surface area contributed by atoms with E-state index in [1.54, 1.807) is 18.0 Å². The minimum absolute atomic E-state index is 0.0671. The highest BCUT2D eigenvalue weighted by Gasteiger charge is 2.44. The van der Waals surface area contributed by atoms with Crippen LogP contribution in [0.25, 0.3) is 0 Å². The highest BCUT2D eigenvalue weighted by Crippen LogP contribution is 2.52. The molecule has 1 saturated heterocycles. The van der Waals surface area contributed by atoms with Gasteiger partial charge in [0, 0.05) is 22.5 Å². The zero-order valence-electron chi connectivity index (χ0n) is 14.2. The van der Waals surface area contributed by atoms with Crippen molar-refractivity contribution in [2.24, 2.45) is 4.99 Å². The maximum atomic E-state index is 10.2. The number of phenols is 1. The van der Waals surface area contributed by atoms with Gasteiger partial charge in [-0.25, -0.2) is 0 Å². The van der Waals surface area contributed by atoms with Gasteiger partial charge in [-0.3, -0.25) is 9.98 Å². The summed E-state index contributed by atoms with van der Waals surface area (Å²) in [6, 6.07) is 7.47. The molecule has 0 spiro atoms. The molecule has 0 aliphatic carbocycles. The molecule has 0 radical (unpaired) electrons. The van der Waals surface area contributed by atoms with Gasteiger partial charge in [-0.1, -0.05) is 36.4 Å². The largest absolute Gasteiger partial charge is 0.503 e. The summed E-state index contributed by atoms with van der Waals surface area (Å²) in [5, 5.41) is 11.9. The summed E-state index contributed by atoms with van der Waals surface area (Å²) in [6.45, 7) is 3.09. The highest BCUT2D eigenvalue weighted by atomic mass is 79.9. The summed E-state index contributed by atoms with van der Waals surface area (Å²) in [5.41, 5.74) is 1.83. The SMILES string of the molecule is COc1cc([C@H]2[C@H](c3ccccn3)N=C3S[C@@H](C)CN32)c(Br)c(Cl)c1O. The summed E-state index contributed by atoms with van der Waals surface area (Å²) in [4.78, 5) is 11.8. The van der Waals surface area contributed by atoms with Gasteiger partial charge in [0.15, 0.2) is 16.7 Å². The number of thioether (sulfide) groups is 1. The van der Waals surface area contributed by atoms with Crippen molar-refractivity contribution in [3.05, 3.63) is 51.2 Å².